The Bertz CT molecular complexity index is 1150. The summed E-state index contributed by atoms with van der Waals surface area (Å²) in [6.07, 6.45) is 3.22. The number of benzene rings is 2. The zero-order valence-corrected chi connectivity index (χ0v) is 21.0. The van der Waals surface area contributed by atoms with Gasteiger partial charge < -0.3 is 10.1 Å². The van der Waals surface area contributed by atoms with Crippen molar-refractivity contribution < 1.29 is 13.9 Å². The first-order chi connectivity index (χ1) is 16.9. The van der Waals surface area contributed by atoms with Crippen molar-refractivity contribution in [3.05, 3.63) is 93.5 Å². The van der Waals surface area contributed by atoms with Gasteiger partial charge in [-0.15, -0.1) is 0 Å². The molecule has 5 nitrogen and oxygen atoms in total. The number of halogens is 3. The molecule has 1 unspecified atom stereocenters. The zero-order chi connectivity index (χ0) is 24.8. The van der Waals surface area contributed by atoms with Gasteiger partial charge >= 0.3 is 0 Å². The molecular formula is C27H28Cl2FN3O2. The third-order valence-electron chi connectivity index (χ3n) is 6.33. The molecule has 1 fully saturated rings. The van der Waals surface area contributed by atoms with Crippen LogP contribution in [0.5, 0.6) is 5.75 Å². The fraction of sp³-hybridized carbons (Fsp3) is 0.333. The van der Waals surface area contributed by atoms with Crippen LogP contribution >= 0.6 is 23.2 Å². The number of nitrogens with one attached hydrogen (secondary N) is 1. The van der Waals surface area contributed by atoms with E-state index in [1.54, 1.807) is 36.5 Å². The van der Waals surface area contributed by atoms with E-state index >= 15 is 0 Å². The zero-order valence-electron chi connectivity index (χ0n) is 19.5. The molecule has 1 atom stereocenters. The Hall–Kier alpha value is -2.67. The Balaban J connectivity index is 1.32. The van der Waals surface area contributed by atoms with Gasteiger partial charge in [0.15, 0.2) is 0 Å². The maximum atomic E-state index is 13.5. The van der Waals surface area contributed by atoms with Crippen LogP contribution in [-0.4, -0.2) is 42.0 Å². The summed E-state index contributed by atoms with van der Waals surface area (Å²) in [6.45, 7) is 4.82. The molecule has 1 saturated heterocycles. The van der Waals surface area contributed by atoms with Gasteiger partial charge in [0.2, 0.25) is 5.91 Å². The molecule has 1 aromatic heterocycles. The van der Waals surface area contributed by atoms with Crippen LogP contribution in [0.2, 0.25) is 10.0 Å². The van der Waals surface area contributed by atoms with E-state index in [0.29, 0.717) is 22.4 Å². The van der Waals surface area contributed by atoms with Crippen molar-refractivity contribution in [1.29, 1.82) is 0 Å². The second-order valence-corrected chi connectivity index (χ2v) is 9.58. The number of carbonyl (C=O) groups is 1. The highest BCUT2D eigenvalue weighted by Gasteiger charge is 2.28. The Morgan fingerprint density at radius 3 is 2.60 bits per heavy atom. The van der Waals surface area contributed by atoms with Crippen LogP contribution in [0.3, 0.4) is 0 Å². The van der Waals surface area contributed by atoms with Crippen LogP contribution in [0.4, 0.5) is 4.39 Å². The number of aryl methyl sites for hydroxylation is 1. The van der Waals surface area contributed by atoms with Gasteiger partial charge in [0, 0.05) is 23.7 Å². The van der Waals surface area contributed by atoms with E-state index in [2.05, 4.69) is 15.2 Å². The molecule has 0 bridgehead atoms. The van der Waals surface area contributed by atoms with Gasteiger partial charge in [0.1, 0.15) is 18.2 Å². The summed E-state index contributed by atoms with van der Waals surface area (Å²) in [7, 11) is 0. The molecule has 0 spiro atoms. The van der Waals surface area contributed by atoms with Crippen molar-refractivity contribution in [3.8, 4) is 5.75 Å². The molecule has 0 saturated carbocycles. The number of amides is 1. The number of hydrogen-bond acceptors (Lipinski definition) is 4. The number of piperidine rings is 1. The molecule has 0 aliphatic carbocycles. The monoisotopic (exact) mass is 515 g/mol. The van der Waals surface area contributed by atoms with Crippen molar-refractivity contribution in [3.63, 3.8) is 0 Å². The van der Waals surface area contributed by atoms with E-state index in [1.807, 2.05) is 19.1 Å². The van der Waals surface area contributed by atoms with Gasteiger partial charge in [-0.1, -0.05) is 41.4 Å². The SMILES string of the molecule is Cc1cccnc1C(NC(=O)C1CCN(CCOc2ccc(Cl)cc2Cl)CC1)c1ccc(F)cc1. The minimum absolute atomic E-state index is 0.00627. The quantitative estimate of drug-likeness (QED) is 0.409. The van der Waals surface area contributed by atoms with Crippen molar-refractivity contribution >= 4 is 29.1 Å². The predicted molar refractivity (Wildman–Crippen MR) is 136 cm³/mol. The molecule has 35 heavy (non-hydrogen) atoms. The Labute approximate surface area is 215 Å². The lowest BCUT2D eigenvalue weighted by molar-refractivity contribution is -0.127. The second-order valence-electron chi connectivity index (χ2n) is 8.74. The lowest BCUT2D eigenvalue weighted by Crippen LogP contribution is -2.43. The summed E-state index contributed by atoms with van der Waals surface area (Å²) in [4.78, 5) is 20.0. The number of rotatable bonds is 8. The molecule has 2 heterocycles. The fourth-order valence-electron chi connectivity index (χ4n) is 4.32. The minimum Gasteiger partial charge on any atom is -0.491 e. The van der Waals surface area contributed by atoms with Gasteiger partial charge in [0.05, 0.1) is 16.8 Å². The van der Waals surface area contributed by atoms with E-state index in [4.69, 9.17) is 27.9 Å². The van der Waals surface area contributed by atoms with Crippen LogP contribution in [0.1, 0.15) is 35.7 Å². The molecule has 4 rings (SSSR count). The molecule has 1 aliphatic rings. The van der Waals surface area contributed by atoms with Gasteiger partial charge in [-0.25, -0.2) is 4.39 Å². The molecular weight excluding hydrogens is 488 g/mol. The summed E-state index contributed by atoms with van der Waals surface area (Å²) in [5.41, 5.74) is 2.54. The number of likely N-dealkylation sites (tertiary alicyclic amines) is 1. The first kappa shape index (κ1) is 25.4. The lowest BCUT2D eigenvalue weighted by Gasteiger charge is -2.32. The van der Waals surface area contributed by atoms with Gasteiger partial charge in [-0.3, -0.25) is 14.7 Å². The normalized spacial score (nSPS) is 15.5. The van der Waals surface area contributed by atoms with E-state index in [0.717, 1.165) is 49.3 Å². The molecule has 1 aliphatic heterocycles. The summed E-state index contributed by atoms with van der Waals surface area (Å²) in [6, 6.07) is 14.8. The van der Waals surface area contributed by atoms with Gasteiger partial charge in [-0.05, 0) is 80.4 Å². The van der Waals surface area contributed by atoms with Crippen molar-refractivity contribution in [2.24, 2.45) is 5.92 Å². The number of pyridine rings is 1. The average molecular weight is 516 g/mol. The van der Waals surface area contributed by atoms with E-state index in [1.165, 1.54) is 12.1 Å². The first-order valence-corrected chi connectivity index (χ1v) is 12.4. The van der Waals surface area contributed by atoms with Crippen molar-refractivity contribution in [2.75, 3.05) is 26.2 Å². The molecule has 3 aromatic rings. The van der Waals surface area contributed by atoms with Crippen LogP contribution < -0.4 is 10.1 Å². The largest absolute Gasteiger partial charge is 0.491 e. The summed E-state index contributed by atoms with van der Waals surface area (Å²) < 4.78 is 19.3. The molecule has 8 heteroatoms. The fourth-order valence-corrected chi connectivity index (χ4v) is 4.78. The number of carbonyl (C=O) groups excluding carboxylic acids is 1. The highest BCUT2D eigenvalue weighted by molar-refractivity contribution is 6.35. The number of ether oxygens (including phenoxy) is 1. The predicted octanol–water partition coefficient (Wildman–Crippen LogP) is 5.83. The Kier molecular flexibility index (Phi) is 8.60. The molecule has 0 radical (unpaired) electrons. The Morgan fingerprint density at radius 2 is 1.91 bits per heavy atom. The van der Waals surface area contributed by atoms with Crippen molar-refractivity contribution in [1.82, 2.24) is 15.2 Å². The molecule has 184 valence electrons. The average Bonchev–Trinajstić information content (AvgIpc) is 2.85. The smallest absolute Gasteiger partial charge is 0.224 e. The highest BCUT2D eigenvalue weighted by Crippen LogP contribution is 2.28. The van der Waals surface area contributed by atoms with Crippen LogP contribution in [0, 0.1) is 18.7 Å². The van der Waals surface area contributed by atoms with Gasteiger partial charge in [0.25, 0.3) is 0 Å². The summed E-state index contributed by atoms with van der Waals surface area (Å²) >= 11 is 12.1. The molecule has 1 N–H and O–H groups in total. The lowest BCUT2D eigenvalue weighted by atomic mass is 9.94. The van der Waals surface area contributed by atoms with E-state index in [-0.39, 0.29) is 17.6 Å². The van der Waals surface area contributed by atoms with Crippen LogP contribution in [-0.2, 0) is 4.79 Å². The first-order valence-electron chi connectivity index (χ1n) is 11.7. The third-order valence-corrected chi connectivity index (χ3v) is 6.86. The van der Waals surface area contributed by atoms with Crippen LogP contribution in [0.15, 0.2) is 60.8 Å². The second kappa shape index (κ2) is 11.8. The van der Waals surface area contributed by atoms with E-state index in [9.17, 15) is 9.18 Å². The Morgan fingerprint density at radius 1 is 1.17 bits per heavy atom. The maximum Gasteiger partial charge on any atom is 0.224 e. The van der Waals surface area contributed by atoms with Crippen LogP contribution in [0.25, 0.3) is 0 Å². The number of hydrogen-bond donors (Lipinski definition) is 1. The van der Waals surface area contributed by atoms with Gasteiger partial charge in [-0.2, -0.15) is 0 Å². The number of nitrogens with zero attached hydrogens (tertiary/aromatic N) is 2. The van der Waals surface area contributed by atoms with Crippen molar-refractivity contribution in [2.45, 2.75) is 25.8 Å². The summed E-state index contributed by atoms with van der Waals surface area (Å²) in [5.74, 6) is 0.200. The third kappa shape index (κ3) is 6.72. The topological polar surface area (TPSA) is 54.5 Å². The molecule has 2 aromatic carbocycles. The summed E-state index contributed by atoms with van der Waals surface area (Å²) in [5, 5.41) is 4.24. The highest BCUT2D eigenvalue weighted by atomic mass is 35.5. The standard InChI is InChI=1S/C27H28Cl2FN3O2/c1-18-3-2-12-31-25(18)26(19-4-7-22(30)8-5-19)32-27(34)20-10-13-33(14-11-20)15-16-35-24-9-6-21(28)17-23(24)29/h2-9,12,17,20,26H,10-11,13-16H2,1H3,(H,32,34). The number of aromatic nitrogens is 1. The minimum atomic E-state index is -0.431. The molecule has 1 amide bonds. The maximum absolute atomic E-state index is 13.5. The van der Waals surface area contributed by atoms with E-state index < -0.39 is 6.04 Å².